The largest absolute Gasteiger partial charge is 0.496 e. The molecule has 4 nitrogen and oxygen atoms in total. The molecule has 0 aliphatic heterocycles. The number of amides is 1. The van der Waals surface area contributed by atoms with Crippen molar-refractivity contribution >= 4 is 5.91 Å². The second-order valence-electron chi connectivity index (χ2n) is 4.17. The number of carbonyl (C=O) groups excluding carboxylic acids is 1. The van der Waals surface area contributed by atoms with E-state index in [2.05, 4.69) is 5.32 Å². The number of ether oxygens (including phenoxy) is 1. The highest BCUT2D eigenvalue weighted by molar-refractivity contribution is 5.96. The number of nitrogens with one attached hydrogen (secondary N) is 1. The van der Waals surface area contributed by atoms with E-state index in [1.54, 1.807) is 0 Å². The van der Waals surface area contributed by atoms with Crippen LogP contribution in [0.4, 0.5) is 4.39 Å². The van der Waals surface area contributed by atoms with Crippen molar-refractivity contribution < 1.29 is 19.0 Å². The van der Waals surface area contributed by atoms with Gasteiger partial charge in [0.05, 0.1) is 12.7 Å². The van der Waals surface area contributed by atoms with Crippen LogP contribution < -0.4 is 10.1 Å². The fourth-order valence-electron chi connectivity index (χ4n) is 1.54. The Labute approximate surface area is 106 Å². The molecule has 0 radical (unpaired) electrons. The molecule has 0 aliphatic carbocycles. The van der Waals surface area contributed by atoms with E-state index >= 15 is 0 Å². The third-order valence-electron chi connectivity index (χ3n) is 2.64. The van der Waals surface area contributed by atoms with Crippen molar-refractivity contribution in [2.24, 2.45) is 5.92 Å². The fourth-order valence-corrected chi connectivity index (χ4v) is 1.54. The number of benzene rings is 1. The Hall–Kier alpha value is -1.62. The minimum absolute atomic E-state index is 0.0837. The van der Waals surface area contributed by atoms with Crippen molar-refractivity contribution in [3.8, 4) is 5.75 Å². The van der Waals surface area contributed by atoms with Gasteiger partial charge in [-0.1, -0.05) is 6.92 Å². The van der Waals surface area contributed by atoms with Crippen LogP contribution in [-0.4, -0.2) is 31.3 Å². The second kappa shape index (κ2) is 6.96. The first kappa shape index (κ1) is 14.4. The number of carbonyl (C=O) groups is 1. The summed E-state index contributed by atoms with van der Waals surface area (Å²) in [6.07, 6.45) is 0.612. The molecule has 0 saturated heterocycles. The van der Waals surface area contributed by atoms with Gasteiger partial charge in [0.15, 0.2) is 0 Å². The maximum atomic E-state index is 13.1. The fraction of sp³-hybridized carbons (Fsp3) is 0.462. The minimum atomic E-state index is -0.482. The van der Waals surface area contributed by atoms with Crippen LogP contribution in [0.1, 0.15) is 23.7 Å². The molecule has 100 valence electrons. The molecule has 1 aromatic carbocycles. The molecule has 1 rings (SSSR count). The van der Waals surface area contributed by atoms with Gasteiger partial charge < -0.3 is 15.2 Å². The highest BCUT2D eigenvalue weighted by atomic mass is 19.1. The number of hydrogen-bond donors (Lipinski definition) is 2. The van der Waals surface area contributed by atoms with E-state index < -0.39 is 5.82 Å². The Morgan fingerprint density at radius 2 is 2.28 bits per heavy atom. The van der Waals surface area contributed by atoms with E-state index in [1.807, 2.05) is 6.92 Å². The molecule has 2 N–H and O–H groups in total. The standard InChI is InChI=1S/C13H18FNO3/c1-9(5-6-16)8-15-13(17)11-7-10(14)3-4-12(11)18-2/h3-4,7,9,16H,5-6,8H2,1-2H3,(H,15,17). The Morgan fingerprint density at radius 1 is 1.56 bits per heavy atom. The van der Waals surface area contributed by atoms with Gasteiger partial charge in [0.25, 0.3) is 5.91 Å². The zero-order chi connectivity index (χ0) is 13.5. The number of rotatable bonds is 6. The lowest BCUT2D eigenvalue weighted by Gasteiger charge is -2.12. The maximum Gasteiger partial charge on any atom is 0.255 e. The van der Waals surface area contributed by atoms with Crippen molar-refractivity contribution in [1.29, 1.82) is 0 Å². The van der Waals surface area contributed by atoms with Crippen molar-refractivity contribution in [3.05, 3.63) is 29.6 Å². The molecule has 1 atom stereocenters. The molecule has 0 spiro atoms. The van der Waals surface area contributed by atoms with Gasteiger partial charge in [0, 0.05) is 13.2 Å². The summed E-state index contributed by atoms with van der Waals surface area (Å²) in [6.45, 7) is 2.43. The van der Waals surface area contributed by atoms with E-state index in [0.29, 0.717) is 18.7 Å². The predicted octanol–water partition coefficient (Wildman–Crippen LogP) is 1.58. The molecular weight excluding hydrogens is 237 g/mol. The Morgan fingerprint density at radius 3 is 2.89 bits per heavy atom. The van der Waals surface area contributed by atoms with Crippen molar-refractivity contribution in [1.82, 2.24) is 5.32 Å². The summed E-state index contributed by atoms with van der Waals surface area (Å²) in [5.41, 5.74) is 0.175. The van der Waals surface area contributed by atoms with Gasteiger partial charge in [0.2, 0.25) is 0 Å². The van der Waals surface area contributed by atoms with Crippen LogP contribution in [0.15, 0.2) is 18.2 Å². The molecule has 0 aliphatic rings. The maximum absolute atomic E-state index is 13.1. The lowest BCUT2D eigenvalue weighted by molar-refractivity contribution is 0.0942. The average molecular weight is 255 g/mol. The molecule has 1 aromatic rings. The summed E-state index contributed by atoms with van der Waals surface area (Å²) in [5, 5.41) is 11.4. The van der Waals surface area contributed by atoms with Gasteiger partial charge in [-0.05, 0) is 30.5 Å². The molecule has 0 saturated carbocycles. The van der Waals surface area contributed by atoms with Gasteiger partial charge >= 0.3 is 0 Å². The van der Waals surface area contributed by atoms with Crippen molar-refractivity contribution in [3.63, 3.8) is 0 Å². The summed E-state index contributed by atoms with van der Waals surface area (Å²) in [6, 6.07) is 3.80. The van der Waals surface area contributed by atoms with Crippen LogP contribution in [-0.2, 0) is 0 Å². The number of halogens is 1. The van der Waals surface area contributed by atoms with Gasteiger partial charge in [-0.15, -0.1) is 0 Å². The molecule has 1 unspecified atom stereocenters. The van der Waals surface area contributed by atoms with Gasteiger partial charge in [-0.3, -0.25) is 4.79 Å². The van der Waals surface area contributed by atoms with Crippen LogP contribution in [0.5, 0.6) is 5.75 Å². The number of aliphatic hydroxyl groups excluding tert-OH is 1. The lowest BCUT2D eigenvalue weighted by atomic mass is 10.1. The third-order valence-corrected chi connectivity index (χ3v) is 2.64. The first-order chi connectivity index (χ1) is 8.58. The molecule has 1 amide bonds. The average Bonchev–Trinajstić information content (AvgIpc) is 2.36. The summed E-state index contributed by atoms with van der Waals surface area (Å²) in [5.74, 6) is -0.359. The van der Waals surface area contributed by atoms with Crippen molar-refractivity contribution in [2.45, 2.75) is 13.3 Å². The molecule has 18 heavy (non-hydrogen) atoms. The second-order valence-corrected chi connectivity index (χ2v) is 4.17. The van der Waals surface area contributed by atoms with Gasteiger partial charge in [0.1, 0.15) is 11.6 Å². The van der Waals surface area contributed by atoms with Crippen LogP contribution in [0.25, 0.3) is 0 Å². The summed E-state index contributed by atoms with van der Waals surface area (Å²) < 4.78 is 18.1. The van der Waals surface area contributed by atoms with Crippen LogP contribution in [0.2, 0.25) is 0 Å². The quantitative estimate of drug-likeness (QED) is 0.811. The van der Waals surface area contributed by atoms with Gasteiger partial charge in [-0.2, -0.15) is 0 Å². The van der Waals surface area contributed by atoms with E-state index in [0.717, 1.165) is 6.07 Å². The number of methoxy groups -OCH3 is 1. The van der Waals surface area contributed by atoms with Crippen molar-refractivity contribution in [2.75, 3.05) is 20.3 Å². The summed E-state index contributed by atoms with van der Waals surface area (Å²) >= 11 is 0. The summed E-state index contributed by atoms with van der Waals surface area (Å²) in [4.78, 5) is 11.9. The Kier molecular flexibility index (Phi) is 5.58. The zero-order valence-corrected chi connectivity index (χ0v) is 10.6. The normalized spacial score (nSPS) is 12.0. The minimum Gasteiger partial charge on any atom is -0.496 e. The Balaban J connectivity index is 2.68. The molecule has 0 fully saturated rings. The van der Waals surface area contributed by atoms with E-state index in [1.165, 1.54) is 19.2 Å². The third kappa shape index (κ3) is 4.00. The number of hydrogen-bond acceptors (Lipinski definition) is 3. The lowest BCUT2D eigenvalue weighted by Crippen LogP contribution is -2.29. The molecule has 0 bridgehead atoms. The molecule has 5 heteroatoms. The smallest absolute Gasteiger partial charge is 0.255 e. The monoisotopic (exact) mass is 255 g/mol. The topological polar surface area (TPSA) is 58.6 Å². The SMILES string of the molecule is COc1ccc(F)cc1C(=O)NCC(C)CCO. The van der Waals surface area contributed by atoms with E-state index in [9.17, 15) is 9.18 Å². The Bertz CT molecular complexity index is 409. The van der Waals surface area contributed by atoms with E-state index in [4.69, 9.17) is 9.84 Å². The van der Waals surface area contributed by atoms with Crippen LogP contribution in [0.3, 0.4) is 0 Å². The first-order valence-electron chi connectivity index (χ1n) is 5.81. The molecular formula is C13H18FNO3. The zero-order valence-electron chi connectivity index (χ0n) is 10.6. The number of aliphatic hydroxyl groups is 1. The van der Waals surface area contributed by atoms with Gasteiger partial charge in [-0.25, -0.2) is 4.39 Å². The molecule has 0 heterocycles. The highest BCUT2D eigenvalue weighted by Crippen LogP contribution is 2.19. The van der Waals surface area contributed by atoms with Crippen LogP contribution in [0, 0.1) is 11.7 Å². The molecule has 0 aromatic heterocycles. The van der Waals surface area contributed by atoms with E-state index in [-0.39, 0.29) is 24.0 Å². The van der Waals surface area contributed by atoms with Crippen LogP contribution >= 0.6 is 0 Å². The summed E-state index contributed by atoms with van der Waals surface area (Å²) in [7, 11) is 1.43. The first-order valence-corrected chi connectivity index (χ1v) is 5.81. The predicted molar refractivity (Wildman–Crippen MR) is 66.2 cm³/mol. The highest BCUT2D eigenvalue weighted by Gasteiger charge is 2.13.